The molecule has 0 amide bonds. The van der Waals surface area contributed by atoms with Gasteiger partial charge in [-0.2, -0.15) is 0 Å². The van der Waals surface area contributed by atoms with Gasteiger partial charge in [0, 0.05) is 18.1 Å². The lowest BCUT2D eigenvalue weighted by Gasteiger charge is -2.12. The molecule has 0 bridgehead atoms. The van der Waals surface area contributed by atoms with Crippen molar-refractivity contribution in [3.63, 3.8) is 0 Å². The van der Waals surface area contributed by atoms with E-state index in [-0.39, 0.29) is 16.1 Å². The third kappa shape index (κ3) is 1.86. The predicted molar refractivity (Wildman–Crippen MR) is 67.8 cm³/mol. The zero-order valence-electron chi connectivity index (χ0n) is 9.80. The molecule has 0 aliphatic rings. The molecule has 0 saturated carbocycles. The van der Waals surface area contributed by atoms with Crippen molar-refractivity contribution in [1.82, 2.24) is 9.55 Å². The van der Waals surface area contributed by atoms with E-state index in [0.29, 0.717) is 23.9 Å². The maximum Gasteiger partial charge on any atom is 0.185 e. The Hall–Kier alpha value is -1.88. The molecule has 1 N–H and O–H groups in total. The summed E-state index contributed by atoms with van der Waals surface area (Å²) in [6.07, 6.45) is 3.04. The molecule has 2 heterocycles. The van der Waals surface area contributed by atoms with Crippen LogP contribution in [0.2, 0.25) is 5.02 Å². The molecule has 94 valence electrons. The van der Waals surface area contributed by atoms with E-state index < -0.39 is 0 Å². The Morgan fingerprint density at radius 3 is 3.00 bits per heavy atom. The monoisotopic (exact) mass is 265 g/mol. The molecule has 0 spiro atoms. The molecule has 0 saturated heterocycles. The summed E-state index contributed by atoms with van der Waals surface area (Å²) < 4.78 is 1.69. The number of aryl methyl sites for hydroxylation is 1. The van der Waals surface area contributed by atoms with Crippen molar-refractivity contribution in [2.45, 2.75) is 19.9 Å². The Labute approximate surface area is 108 Å². The van der Waals surface area contributed by atoms with Crippen molar-refractivity contribution < 1.29 is 10.0 Å². The normalized spacial score (nSPS) is 12.0. The first-order chi connectivity index (χ1) is 8.74. The molecule has 2 aromatic heterocycles. The van der Waals surface area contributed by atoms with Gasteiger partial charge in [0.05, 0.1) is 10.6 Å². The zero-order valence-corrected chi connectivity index (χ0v) is 10.6. The molecule has 0 atom stereocenters. The van der Waals surface area contributed by atoms with E-state index in [9.17, 15) is 4.79 Å². The summed E-state index contributed by atoms with van der Waals surface area (Å²) >= 11 is 6.14. The van der Waals surface area contributed by atoms with Crippen molar-refractivity contribution in [3.8, 4) is 0 Å². The van der Waals surface area contributed by atoms with Gasteiger partial charge in [0.25, 0.3) is 0 Å². The van der Waals surface area contributed by atoms with E-state index in [1.807, 2.05) is 6.92 Å². The topological polar surface area (TPSA) is 67.5 Å². The maximum atomic E-state index is 11.1. The van der Waals surface area contributed by atoms with Gasteiger partial charge in [-0.3, -0.25) is 4.79 Å². The lowest BCUT2D eigenvalue weighted by Crippen LogP contribution is -2.26. The van der Waals surface area contributed by atoms with E-state index in [2.05, 4.69) is 10.1 Å². The number of rotatable bonds is 3. The Kier molecular flexibility index (Phi) is 3.62. The average Bonchev–Trinajstić information content (AvgIpc) is 2.41. The van der Waals surface area contributed by atoms with Crippen LogP contribution in [-0.2, 0) is 6.54 Å². The summed E-state index contributed by atoms with van der Waals surface area (Å²) in [7, 11) is 0. The number of aldehydes is 1. The van der Waals surface area contributed by atoms with Gasteiger partial charge >= 0.3 is 0 Å². The Morgan fingerprint density at radius 2 is 2.39 bits per heavy atom. The van der Waals surface area contributed by atoms with E-state index in [1.54, 1.807) is 22.9 Å². The highest BCUT2D eigenvalue weighted by Crippen LogP contribution is 2.22. The second-order valence-electron chi connectivity index (χ2n) is 3.80. The summed E-state index contributed by atoms with van der Waals surface area (Å²) in [5.74, 6) is 0. The van der Waals surface area contributed by atoms with Crippen molar-refractivity contribution in [2.24, 2.45) is 5.16 Å². The third-order valence-corrected chi connectivity index (χ3v) is 3.08. The molecule has 0 unspecified atom stereocenters. The van der Waals surface area contributed by atoms with Crippen LogP contribution in [0, 0.1) is 0 Å². The van der Waals surface area contributed by atoms with Gasteiger partial charge in [0.2, 0.25) is 0 Å². The van der Waals surface area contributed by atoms with Crippen LogP contribution in [0.3, 0.4) is 0 Å². The van der Waals surface area contributed by atoms with Crippen molar-refractivity contribution in [1.29, 1.82) is 0 Å². The molecular formula is C12H12ClN3O2. The van der Waals surface area contributed by atoms with Crippen LogP contribution in [-0.4, -0.2) is 21.0 Å². The molecule has 5 nitrogen and oxygen atoms in total. The fourth-order valence-electron chi connectivity index (χ4n) is 1.92. The lowest BCUT2D eigenvalue weighted by atomic mass is 10.2. The Balaban J connectivity index is 3.01. The minimum absolute atomic E-state index is 0.142. The van der Waals surface area contributed by atoms with E-state index in [0.717, 1.165) is 6.42 Å². The number of pyridine rings is 2. The summed E-state index contributed by atoms with van der Waals surface area (Å²) in [6, 6.07) is 3.53. The van der Waals surface area contributed by atoms with Crippen LogP contribution >= 0.6 is 11.6 Å². The van der Waals surface area contributed by atoms with Gasteiger partial charge in [-0.25, -0.2) is 4.98 Å². The molecule has 18 heavy (non-hydrogen) atoms. The van der Waals surface area contributed by atoms with Crippen LogP contribution in [0.25, 0.3) is 11.0 Å². The smallest absolute Gasteiger partial charge is 0.185 e. The van der Waals surface area contributed by atoms with Crippen molar-refractivity contribution in [3.05, 3.63) is 34.4 Å². The second kappa shape index (κ2) is 5.18. The number of nitrogens with zero attached hydrogens (tertiary/aromatic N) is 3. The Morgan fingerprint density at radius 1 is 1.61 bits per heavy atom. The molecule has 0 fully saturated rings. The largest absolute Gasteiger partial charge is 0.409 e. The Bertz CT molecular complexity index is 664. The molecule has 2 aromatic rings. The van der Waals surface area contributed by atoms with Crippen molar-refractivity contribution in [2.75, 3.05) is 0 Å². The number of aromatic nitrogens is 2. The zero-order chi connectivity index (χ0) is 13.1. The summed E-state index contributed by atoms with van der Waals surface area (Å²) in [5, 5.41) is 13.2. The van der Waals surface area contributed by atoms with Crippen LogP contribution in [0.15, 0.2) is 23.5 Å². The first kappa shape index (κ1) is 12.6. The fourth-order valence-corrected chi connectivity index (χ4v) is 2.20. The number of carbonyl (C=O) groups is 1. The molecule has 6 heteroatoms. The van der Waals surface area contributed by atoms with Gasteiger partial charge in [-0.05, 0) is 18.6 Å². The third-order valence-electron chi connectivity index (χ3n) is 2.67. The number of hydrogen-bond donors (Lipinski definition) is 1. The van der Waals surface area contributed by atoms with Crippen LogP contribution in [0.1, 0.15) is 23.7 Å². The SMILES string of the molecule is CCCn1c(=NO)c(C=O)c(Cl)c2cccnc21. The second-order valence-corrected chi connectivity index (χ2v) is 4.17. The van der Waals surface area contributed by atoms with Crippen LogP contribution < -0.4 is 5.49 Å². The van der Waals surface area contributed by atoms with E-state index >= 15 is 0 Å². The standard InChI is InChI=1S/C12H12ClN3O2/c1-2-6-16-11-8(4-3-5-14-11)10(13)9(7-17)12(16)15-18/h3-5,7,18H,2,6H2,1H3. The molecule has 0 aromatic carbocycles. The number of hydrogen-bond acceptors (Lipinski definition) is 4. The summed E-state index contributed by atoms with van der Waals surface area (Å²) in [4.78, 5) is 15.4. The summed E-state index contributed by atoms with van der Waals surface area (Å²) in [5.41, 5.74) is 0.916. The van der Waals surface area contributed by atoms with E-state index in [1.165, 1.54) is 0 Å². The highest BCUT2D eigenvalue weighted by molar-refractivity contribution is 6.37. The van der Waals surface area contributed by atoms with Gasteiger partial charge < -0.3 is 9.77 Å². The van der Waals surface area contributed by atoms with Gasteiger partial charge in [-0.15, -0.1) is 0 Å². The van der Waals surface area contributed by atoms with Crippen LogP contribution in [0.4, 0.5) is 0 Å². The average molecular weight is 266 g/mol. The number of halogens is 1. The number of carbonyl (C=O) groups excluding carboxylic acids is 1. The van der Waals surface area contributed by atoms with Crippen molar-refractivity contribution >= 4 is 28.9 Å². The molecule has 0 radical (unpaired) electrons. The van der Waals surface area contributed by atoms with Gasteiger partial charge in [-0.1, -0.05) is 23.7 Å². The first-order valence-corrected chi connectivity index (χ1v) is 5.92. The lowest BCUT2D eigenvalue weighted by molar-refractivity contribution is 0.112. The van der Waals surface area contributed by atoms with Gasteiger partial charge in [0.1, 0.15) is 5.65 Å². The predicted octanol–water partition coefficient (Wildman–Crippen LogP) is 2.20. The molecular weight excluding hydrogens is 254 g/mol. The summed E-state index contributed by atoms with van der Waals surface area (Å²) in [6.45, 7) is 2.57. The minimum atomic E-state index is 0.142. The van der Waals surface area contributed by atoms with E-state index in [4.69, 9.17) is 16.8 Å². The minimum Gasteiger partial charge on any atom is -0.409 e. The number of fused-ring (bicyclic) bond motifs is 1. The molecule has 0 aliphatic heterocycles. The maximum absolute atomic E-state index is 11.1. The van der Waals surface area contributed by atoms with Gasteiger partial charge in [0.15, 0.2) is 11.8 Å². The molecule has 0 aliphatic carbocycles. The first-order valence-electron chi connectivity index (χ1n) is 5.54. The molecule has 2 rings (SSSR count). The quantitative estimate of drug-likeness (QED) is 0.526. The highest BCUT2D eigenvalue weighted by atomic mass is 35.5. The van der Waals surface area contributed by atoms with Crippen LogP contribution in [0.5, 0.6) is 0 Å². The fraction of sp³-hybridized carbons (Fsp3) is 0.250. The highest BCUT2D eigenvalue weighted by Gasteiger charge is 2.14.